The molecule has 0 unspecified atom stereocenters. The molecule has 0 amide bonds. The van der Waals surface area contributed by atoms with Crippen LogP contribution in [0, 0.1) is 6.92 Å². The van der Waals surface area contributed by atoms with E-state index in [4.69, 9.17) is 18.9 Å². The maximum atomic E-state index is 9.17. The van der Waals surface area contributed by atoms with Gasteiger partial charge in [0.2, 0.25) is 0 Å². The molecule has 222 valence electrons. The largest absolute Gasteiger partial charge is 0.497 e. The zero-order chi connectivity index (χ0) is 30.2. The van der Waals surface area contributed by atoms with Gasteiger partial charge in [-0.1, -0.05) is 102 Å². The summed E-state index contributed by atoms with van der Waals surface area (Å²) in [7, 11) is 1.66. The van der Waals surface area contributed by atoms with E-state index in [1.807, 2.05) is 72.8 Å². The van der Waals surface area contributed by atoms with Gasteiger partial charge in [-0.3, -0.25) is 0 Å². The van der Waals surface area contributed by atoms with Gasteiger partial charge in [-0.05, 0) is 77.7 Å². The lowest BCUT2D eigenvalue weighted by atomic mass is 10.2. The summed E-state index contributed by atoms with van der Waals surface area (Å²) in [5.41, 5.74) is 5.36. The number of hydrogen-bond donors (Lipinski definition) is 1. The first kappa shape index (κ1) is 33.9. The number of aryl methyl sites for hydroxylation is 1. The SMILES string of the molecule is COc1ccc(COc2ccc(Br)c(COC/C=C/CBr)c2)cc1.Cc1ccc(COc2ccc(Br)c(CO)c2)cc1. The summed E-state index contributed by atoms with van der Waals surface area (Å²) in [6, 6.07) is 27.7. The highest BCUT2D eigenvalue weighted by atomic mass is 79.9. The summed E-state index contributed by atoms with van der Waals surface area (Å²) in [5.74, 6) is 2.43. The Morgan fingerprint density at radius 3 is 1.74 bits per heavy atom. The van der Waals surface area contributed by atoms with Crippen LogP contribution in [0.25, 0.3) is 0 Å². The first-order valence-corrected chi connectivity index (χ1v) is 16.0. The Balaban J connectivity index is 0.000000240. The maximum absolute atomic E-state index is 9.17. The summed E-state index contributed by atoms with van der Waals surface area (Å²) >= 11 is 10.3. The van der Waals surface area contributed by atoms with Crippen LogP contribution in [0.5, 0.6) is 17.2 Å². The van der Waals surface area contributed by atoms with Crippen LogP contribution in [0.2, 0.25) is 0 Å². The van der Waals surface area contributed by atoms with E-state index in [-0.39, 0.29) is 6.61 Å². The third-order valence-corrected chi connectivity index (χ3v) is 7.94. The van der Waals surface area contributed by atoms with Crippen molar-refractivity contribution in [2.24, 2.45) is 0 Å². The van der Waals surface area contributed by atoms with E-state index in [0.29, 0.717) is 26.4 Å². The molecule has 5 nitrogen and oxygen atoms in total. The number of alkyl halides is 1. The Morgan fingerprint density at radius 1 is 0.667 bits per heavy atom. The number of allylic oxidation sites excluding steroid dienone is 1. The van der Waals surface area contributed by atoms with Gasteiger partial charge in [0.25, 0.3) is 0 Å². The predicted molar refractivity (Wildman–Crippen MR) is 180 cm³/mol. The number of halogens is 3. The summed E-state index contributed by atoms with van der Waals surface area (Å²) in [4.78, 5) is 0. The molecule has 0 fully saturated rings. The number of methoxy groups -OCH3 is 1. The van der Waals surface area contributed by atoms with Crippen molar-refractivity contribution in [1.29, 1.82) is 0 Å². The van der Waals surface area contributed by atoms with Crippen LogP contribution in [0.4, 0.5) is 0 Å². The van der Waals surface area contributed by atoms with Crippen molar-refractivity contribution >= 4 is 47.8 Å². The van der Waals surface area contributed by atoms with Crippen LogP contribution in [0.1, 0.15) is 27.8 Å². The minimum absolute atomic E-state index is 0.00230. The smallest absolute Gasteiger partial charge is 0.120 e. The molecule has 8 heteroatoms. The van der Waals surface area contributed by atoms with Gasteiger partial charge in [-0.2, -0.15) is 0 Å². The molecular formula is C34H35Br3O5. The molecule has 42 heavy (non-hydrogen) atoms. The van der Waals surface area contributed by atoms with Crippen molar-refractivity contribution in [3.63, 3.8) is 0 Å². The predicted octanol–water partition coefficient (Wildman–Crippen LogP) is 9.33. The monoisotopic (exact) mass is 760 g/mol. The Bertz CT molecular complexity index is 1390. The van der Waals surface area contributed by atoms with Crippen molar-refractivity contribution in [2.45, 2.75) is 33.4 Å². The van der Waals surface area contributed by atoms with E-state index in [9.17, 15) is 5.11 Å². The molecule has 0 aliphatic heterocycles. The fourth-order valence-electron chi connectivity index (χ4n) is 3.62. The molecule has 4 rings (SSSR count). The summed E-state index contributed by atoms with van der Waals surface area (Å²) in [6.45, 7) is 4.24. The highest BCUT2D eigenvalue weighted by Crippen LogP contribution is 2.25. The second-order valence-corrected chi connectivity index (χ2v) is 11.6. The number of aliphatic hydroxyl groups is 1. The lowest BCUT2D eigenvalue weighted by Crippen LogP contribution is -1.98. The fourth-order valence-corrected chi connectivity index (χ4v) is 4.62. The van der Waals surface area contributed by atoms with Crippen LogP contribution >= 0.6 is 47.8 Å². The molecule has 0 spiro atoms. The van der Waals surface area contributed by atoms with Gasteiger partial charge >= 0.3 is 0 Å². The van der Waals surface area contributed by atoms with Crippen LogP contribution in [-0.2, 0) is 31.2 Å². The Kier molecular flexibility index (Phi) is 15.2. The maximum Gasteiger partial charge on any atom is 0.120 e. The molecule has 0 saturated carbocycles. The van der Waals surface area contributed by atoms with E-state index >= 15 is 0 Å². The molecular weight excluding hydrogens is 728 g/mol. The molecule has 0 aromatic heterocycles. The van der Waals surface area contributed by atoms with Crippen molar-refractivity contribution < 1.29 is 24.1 Å². The van der Waals surface area contributed by atoms with Gasteiger partial charge < -0.3 is 24.1 Å². The highest BCUT2D eigenvalue weighted by molar-refractivity contribution is 9.11. The van der Waals surface area contributed by atoms with E-state index < -0.39 is 0 Å². The summed E-state index contributed by atoms with van der Waals surface area (Å²) < 4.78 is 24.3. The molecule has 0 bridgehead atoms. The zero-order valence-corrected chi connectivity index (χ0v) is 28.5. The van der Waals surface area contributed by atoms with E-state index in [0.717, 1.165) is 53.8 Å². The highest BCUT2D eigenvalue weighted by Gasteiger charge is 2.05. The van der Waals surface area contributed by atoms with Crippen molar-refractivity contribution in [3.8, 4) is 17.2 Å². The summed E-state index contributed by atoms with van der Waals surface area (Å²) in [5, 5.41) is 10.0. The van der Waals surface area contributed by atoms with Gasteiger partial charge in [-0.25, -0.2) is 0 Å². The van der Waals surface area contributed by atoms with E-state index in [1.54, 1.807) is 7.11 Å². The average molecular weight is 763 g/mol. The first-order valence-electron chi connectivity index (χ1n) is 13.3. The Morgan fingerprint density at radius 2 is 1.19 bits per heavy atom. The van der Waals surface area contributed by atoms with Crippen LogP contribution in [0.3, 0.4) is 0 Å². The van der Waals surface area contributed by atoms with E-state index in [1.165, 1.54) is 5.56 Å². The number of aliphatic hydroxyl groups excluding tert-OH is 1. The number of hydrogen-bond acceptors (Lipinski definition) is 5. The minimum atomic E-state index is 0.00230. The minimum Gasteiger partial charge on any atom is -0.497 e. The summed E-state index contributed by atoms with van der Waals surface area (Å²) in [6.07, 6.45) is 4.01. The van der Waals surface area contributed by atoms with Crippen molar-refractivity contribution in [1.82, 2.24) is 0 Å². The molecule has 0 radical (unpaired) electrons. The molecule has 4 aromatic carbocycles. The standard InChI is InChI=1S/C19H20Br2O3.C15H15BrO2/c1-22-17-6-4-15(5-7-17)13-24-18-8-9-19(21)16(12-18)14-23-11-3-2-10-20;1-11-2-4-12(5-3-11)10-18-14-6-7-15(16)13(8-14)9-17/h2-9,12H,10-11,13-14H2,1H3;2-8,17H,9-10H2,1H3/b3-2+;. The molecule has 0 heterocycles. The van der Waals surface area contributed by atoms with Gasteiger partial charge in [0.05, 0.1) is 26.9 Å². The Labute approximate surface area is 273 Å². The lowest BCUT2D eigenvalue weighted by Gasteiger charge is -2.10. The van der Waals surface area contributed by atoms with Gasteiger partial charge in [-0.15, -0.1) is 0 Å². The zero-order valence-electron chi connectivity index (χ0n) is 23.7. The van der Waals surface area contributed by atoms with Gasteiger partial charge in [0.15, 0.2) is 0 Å². The Hall–Kier alpha value is -2.62. The van der Waals surface area contributed by atoms with Gasteiger partial charge in [0, 0.05) is 14.3 Å². The molecule has 0 atom stereocenters. The third kappa shape index (κ3) is 11.9. The third-order valence-electron chi connectivity index (χ3n) is 6.02. The average Bonchev–Trinajstić information content (AvgIpc) is 3.02. The topological polar surface area (TPSA) is 57.2 Å². The fraction of sp³-hybridized carbons (Fsp3) is 0.235. The normalized spacial score (nSPS) is 10.7. The van der Waals surface area contributed by atoms with Crippen molar-refractivity contribution in [3.05, 3.63) is 134 Å². The second-order valence-electron chi connectivity index (χ2n) is 9.22. The lowest BCUT2D eigenvalue weighted by molar-refractivity contribution is 0.148. The quantitative estimate of drug-likeness (QED) is 0.0837. The molecule has 0 aliphatic rings. The molecule has 0 aliphatic carbocycles. The second kappa shape index (κ2) is 18.8. The molecule has 0 saturated heterocycles. The van der Waals surface area contributed by atoms with Crippen LogP contribution in [-0.4, -0.2) is 24.2 Å². The number of ether oxygens (including phenoxy) is 4. The first-order chi connectivity index (χ1) is 20.4. The van der Waals surface area contributed by atoms with Crippen LogP contribution < -0.4 is 14.2 Å². The van der Waals surface area contributed by atoms with Crippen LogP contribution in [0.15, 0.2) is 106 Å². The molecule has 1 N–H and O–H groups in total. The number of benzene rings is 4. The molecule has 4 aromatic rings. The van der Waals surface area contributed by atoms with Crippen molar-refractivity contribution in [2.75, 3.05) is 19.0 Å². The number of rotatable bonds is 13. The van der Waals surface area contributed by atoms with E-state index in [2.05, 4.69) is 79.0 Å². The van der Waals surface area contributed by atoms with Gasteiger partial charge in [0.1, 0.15) is 30.5 Å².